The van der Waals surface area contributed by atoms with Crippen LogP contribution in [0.3, 0.4) is 0 Å². The van der Waals surface area contributed by atoms with Gasteiger partial charge in [0.1, 0.15) is 17.0 Å². The van der Waals surface area contributed by atoms with Gasteiger partial charge in [-0.05, 0) is 32.8 Å². The van der Waals surface area contributed by atoms with Crippen LogP contribution >= 0.6 is 0 Å². The molecule has 1 aliphatic heterocycles. The smallest absolute Gasteiger partial charge is 0.271 e. The second-order valence-electron chi connectivity index (χ2n) is 9.30. The minimum Gasteiger partial charge on any atom is -0.494 e. The van der Waals surface area contributed by atoms with Crippen molar-refractivity contribution in [2.45, 2.75) is 70.6 Å². The number of hydrogen-bond acceptors (Lipinski definition) is 4. The molecule has 3 heterocycles. The lowest BCUT2D eigenvalue weighted by atomic mass is 9.91. The highest BCUT2D eigenvalue weighted by atomic mass is 16.5. The molecular formula is C26H31N3O4. The van der Waals surface area contributed by atoms with Crippen molar-refractivity contribution in [3.05, 3.63) is 53.9 Å². The Kier molecular flexibility index (Phi) is 5.64. The van der Waals surface area contributed by atoms with E-state index in [1.807, 2.05) is 48.7 Å². The molecule has 3 aromatic rings. The van der Waals surface area contributed by atoms with Crippen LogP contribution in [0.15, 0.2) is 47.1 Å². The number of carbonyl (C=O) groups excluding carboxylic acids is 2. The van der Waals surface area contributed by atoms with E-state index < -0.39 is 5.54 Å². The molecule has 2 aliphatic rings. The van der Waals surface area contributed by atoms with E-state index in [2.05, 4.69) is 5.32 Å². The standard InChI is InChI=1S/C26H31N3O4/c1-3-32-22-12-8-7-9-18(22)16-29-24(30)21-15-23-20(13-14-33-23)28(21)17-26(29,2)25(31)27-19-10-5-4-6-11-19/h7-9,12-15,19H,3-6,10-11,16-17H2,1-2H3,(H,27,31)/t26-/m1/s1. The Morgan fingerprint density at radius 1 is 1.21 bits per heavy atom. The van der Waals surface area contributed by atoms with Crippen molar-refractivity contribution in [2.75, 3.05) is 6.61 Å². The number of hydrogen-bond donors (Lipinski definition) is 1. The molecule has 1 fully saturated rings. The maximum absolute atomic E-state index is 13.8. The summed E-state index contributed by atoms with van der Waals surface area (Å²) in [7, 11) is 0. The van der Waals surface area contributed by atoms with E-state index in [1.165, 1.54) is 6.42 Å². The molecular weight excluding hydrogens is 418 g/mol. The van der Waals surface area contributed by atoms with E-state index in [0.717, 1.165) is 42.5 Å². The molecule has 174 valence electrons. The van der Waals surface area contributed by atoms with E-state index >= 15 is 0 Å². The number of aromatic nitrogens is 1. The maximum atomic E-state index is 13.8. The summed E-state index contributed by atoms with van der Waals surface area (Å²) in [6.45, 7) is 5.00. The molecule has 1 saturated carbocycles. The van der Waals surface area contributed by atoms with Crippen molar-refractivity contribution in [3.8, 4) is 5.75 Å². The van der Waals surface area contributed by atoms with Gasteiger partial charge in [-0.3, -0.25) is 9.59 Å². The predicted molar refractivity (Wildman–Crippen MR) is 125 cm³/mol. The van der Waals surface area contributed by atoms with E-state index in [9.17, 15) is 9.59 Å². The first kappa shape index (κ1) is 21.6. The van der Waals surface area contributed by atoms with E-state index in [0.29, 0.717) is 24.4 Å². The fourth-order valence-electron chi connectivity index (χ4n) is 5.21. The van der Waals surface area contributed by atoms with E-state index in [1.54, 1.807) is 17.2 Å². The topological polar surface area (TPSA) is 76.7 Å². The lowest BCUT2D eigenvalue weighted by molar-refractivity contribution is -0.134. The molecule has 0 spiro atoms. The Balaban J connectivity index is 1.54. The number of rotatable bonds is 6. The van der Waals surface area contributed by atoms with Crippen molar-refractivity contribution < 1.29 is 18.7 Å². The Morgan fingerprint density at radius 2 is 2.00 bits per heavy atom. The molecule has 0 saturated heterocycles. The molecule has 33 heavy (non-hydrogen) atoms. The first-order chi connectivity index (χ1) is 16.0. The van der Waals surface area contributed by atoms with Gasteiger partial charge in [0.15, 0.2) is 5.58 Å². The summed E-state index contributed by atoms with van der Waals surface area (Å²) in [4.78, 5) is 29.3. The zero-order chi connectivity index (χ0) is 23.0. The van der Waals surface area contributed by atoms with Crippen molar-refractivity contribution >= 4 is 22.9 Å². The lowest BCUT2D eigenvalue weighted by Gasteiger charge is -2.45. The fraction of sp³-hybridized carbons (Fsp3) is 0.462. The zero-order valence-corrected chi connectivity index (χ0v) is 19.3. The van der Waals surface area contributed by atoms with Crippen molar-refractivity contribution in [1.82, 2.24) is 14.8 Å². The van der Waals surface area contributed by atoms with Crippen LogP contribution in [0.2, 0.25) is 0 Å². The molecule has 1 N–H and O–H groups in total. The molecule has 2 amide bonds. The van der Waals surface area contributed by atoms with Gasteiger partial charge in [-0.15, -0.1) is 0 Å². The lowest BCUT2D eigenvalue weighted by Crippen LogP contribution is -2.64. The number of benzene rings is 1. The highest BCUT2D eigenvalue weighted by Gasteiger charge is 2.48. The van der Waals surface area contributed by atoms with Gasteiger partial charge in [0, 0.05) is 23.7 Å². The molecule has 0 unspecified atom stereocenters. The molecule has 2 aromatic heterocycles. The van der Waals surface area contributed by atoms with Gasteiger partial charge in [0.25, 0.3) is 5.91 Å². The van der Waals surface area contributed by atoms with Crippen LogP contribution in [-0.2, 0) is 17.9 Å². The fourth-order valence-corrected chi connectivity index (χ4v) is 5.21. The maximum Gasteiger partial charge on any atom is 0.271 e. The van der Waals surface area contributed by atoms with Gasteiger partial charge in [0.05, 0.1) is 31.5 Å². The van der Waals surface area contributed by atoms with Crippen molar-refractivity contribution in [3.63, 3.8) is 0 Å². The summed E-state index contributed by atoms with van der Waals surface area (Å²) < 4.78 is 13.3. The Bertz CT molecular complexity index is 1170. The van der Waals surface area contributed by atoms with Gasteiger partial charge in [-0.25, -0.2) is 0 Å². The number of carbonyl (C=O) groups is 2. The summed E-state index contributed by atoms with van der Waals surface area (Å²) in [5.74, 6) is 0.449. The molecule has 0 bridgehead atoms. The largest absolute Gasteiger partial charge is 0.494 e. The summed E-state index contributed by atoms with van der Waals surface area (Å²) >= 11 is 0. The first-order valence-corrected chi connectivity index (χ1v) is 11.9. The van der Waals surface area contributed by atoms with Crippen LogP contribution in [0.25, 0.3) is 11.1 Å². The average Bonchev–Trinajstić information content (AvgIpc) is 3.41. The highest BCUT2D eigenvalue weighted by Crippen LogP contribution is 2.35. The zero-order valence-electron chi connectivity index (χ0n) is 19.3. The van der Waals surface area contributed by atoms with Gasteiger partial charge >= 0.3 is 0 Å². The van der Waals surface area contributed by atoms with Crippen LogP contribution < -0.4 is 10.1 Å². The SMILES string of the molecule is CCOc1ccccc1CN1C(=O)c2cc3occc3n2C[C@]1(C)C(=O)NC1CCCCC1. The number of amides is 2. The third-order valence-corrected chi connectivity index (χ3v) is 7.08. The van der Waals surface area contributed by atoms with E-state index in [-0.39, 0.29) is 24.4 Å². The quantitative estimate of drug-likeness (QED) is 0.601. The Hall–Kier alpha value is -3.22. The molecule has 1 atom stereocenters. The van der Waals surface area contributed by atoms with Crippen LogP contribution in [0.1, 0.15) is 62.0 Å². The second-order valence-corrected chi connectivity index (χ2v) is 9.30. The summed E-state index contributed by atoms with van der Waals surface area (Å²) in [6.07, 6.45) is 7.07. The first-order valence-electron chi connectivity index (χ1n) is 11.9. The van der Waals surface area contributed by atoms with E-state index in [4.69, 9.17) is 9.15 Å². The number of nitrogens with one attached hydrogen (secondary N) is 1. The number of furan rings is 1. The summed E-state index contributed by atoms with van der Waals surface area (Å²) in [5.41, 5.74) is 1.87. The summed E-state index contributed by atoms with van der Waals surface area (Å²) in [5, 5.41) is 3.27. The number of ether oxygens (including phenoxy) is 1. The van der Waals surface area contributed by atoms with Gasteiger partial charge in [-0.1, -0.05) is 37.5 Å². The minimum atomic E-state index is -1.05. The third-order valence-electron chi connectivity index (χ3n) is 7.08. The monoisotopic (exact) mass is 449 g/mol. The van der Waals surface area contributed by atoms with Gasteiger partial charge < -0.3 is 23.9 Å². The van der Waals surface area contributed by atoms with Crippen LogP contribution in [-0.4, -0.2) is 39.5 Å². The molecule has 7 nitrogen and oxygen atoms in total. The number of nitrogens with zero attached hydrogens (tertiary/aromatic N) is 2. The number of fused-ring (bicyclic) bond motifs is 3. The highest BCUT2D eigenvalue weighted by molar-refractivity contribution is 6.02. The normalized spacial score (nSPS) is 21.3. The van der Waals surface area contributed by atoms with Crippen LogP contribution in [0.4, 0.5) is 0 Å². The van der Waals surface area contributed by atoms with Crippen molar-refractivity contribution in [1.29, 1.82) is 0 Å². The molecule has 7 heteroatoms. The molecule has 0 radical (unpaired) electrons. The second kappa shape index (κ2) is 8.61. The Morgan fingerprint density at radius 3 is 2.79 bits per heavy atom. The molecule has 5 rings (SSSR count). The van der Waals surface area contributed by atoms with Gasteiger partial charge in [-0.2, -0.15) is 0 Å². The van der Waals surface area contributed by atoms with Crippen LogP contribution in [0, 0.1) is 0 Å². The van der Waals surface area contributed by atoms with Crippen LogP contribution in [0.5, 0.6) is 5.75 Å². The predicted octanol–water partition coefficient (Wildman–Crippen LogP) is 4.50. The third kappa shape index (κ3) is 3.79. The molecule has 1 aliphatic carbocycles. The number of para-hydroxylation sites is 1. The Labute approximate surface area is 193 Å². The van der Waals surface area contributed by atoms with Gasteiger partial charge in [0.2, 0.25) is 5.91 Å². The van der Waals surface area contributed by atoms with Crippen molar-refractivity contribution in [2.24, 2.45) is 0 Å². The molecule has 1 aromatic carbocycles. The minimum absolute atomic E-state index is 0.104. The average molecular weight is 450 g/mol. The summed E-state index contributed by atoms with van der Waals surface area (Å²) in [6, 6.07) is 11.5.